The van der Waals surface area contributed by atoms with Crippen molar-refractivity contribution >= 4 is 51.0 Å². The van der Waals surface area contributed by atoms with Gasteiger partial charge in [-0.3, -0.25) is 4.68 Å². The minimum Gasteiger partial charge on any atom is -0.493 e. The SMILES string of the molecule is COC(=O)c1c2c3ccc(Cl)c(c3n1C)-c1c(nn(C)c1C)C(CCO)OCC1C=C(CSc3cc(c4ccccc4c3)OCCC2)N(C)N1. The molecule has 2 aliphatic heterocycles. The van der Waals surface area contributed by atoms with Gasteiger partial charge in [0.25, 0.3) is 0 Å². The summed E-state index contributed by atoms with van der Waals surface area (Å²) in [7, 11) is 7.19. The largest absolute Gasteiger partial charge is 0.493 e. The summed E-state index contributed by atoms with van der Waals surface area (Å²) in [6, 6.07) is 16.4. The zero-order chi connectivity index (χ0) is 35.1. The molecular weight excluding hydrogens is 674 g/mol. The number of carbonyl (C=O) groups excluding carboxylic acids is 1. The number of aryl methyl sites for hydroxylation is 3. The maximum absolute atomic E-state index is 13.4. The van der Waals surface area contributed by atoms with Gasteiger partial charge in [-0.2, -0.15) is 5.10 Å². The van der Waals surface area contributed by atoms with E-state index in [1.54, 1.807) is 11.8 Å². The van der Waals surface area contributed by atoms with Crippen molar-refractivity contribution < 1.29 is 24.1 Å². The van der Waals surface area contributed by atoms with Crippen molar-refractivity contribution in [2.24, 2.45) is 14.1 Å². The highest BCUT2D eigenvalue weighted by Gasteiger charge is 2.31. The first-order valence-corrected chi connectivity index (χ1v) is 18.2. The molecule has 2 aliphatic rings. The van der Waals surface area contributed by atoms with Crippen LogP contribution in [0.2, 0.25) is 5.02 Å². The maximum Gasteiger partial charge on any atom is 0.354 e. The summed E-state index contributed by atoms with van der Waals surface area (Å²) in [5.74, 6) is 1.18. The number of hydrazine groups is 1. The lowest BCUT2D eigenvalue weighted by Gasteiger charge is -2.22. The second kappa shape index (κ2) is 14.3. The third-order valence-corrected chi connectivity index (χ3v) is 11.1. The van der Waals surface area contributed by atoms with E-state index in [1.165, 1.54) is 7.11 Å². The highest BCUT2D eigenvalue weighted by Crippen LogP contribution is 2.44. The Morgan fingerprint density at radius 2 is 1.96 bits per heavy atom. The molecule has 4 heterocycles. The molecule has 5 aromatic rings. The normalized spacial score (nSPS) is 18.5. The fraction of sp³-hybridized carbons (Fsp3) is 0.368. The Morgan fingerprint density at radius 1 is 1.14 bits per heavy atom. The summed E-state index contributed by atoms with van der Waals surface area (Å²) in [5, 5.41) is 20.8. The molecule has 8 bridgehead atoms. The van der Waals surface area contributed by atoms with Crippen LogP contribution in [0.25, 0.3) is 32.8 Å². The fourth-order valence-corrected chi connectivity index (χ4v) is 8.49. The van der Waals surface area contributed by atoms with Crippen LogP contribution >= 0.6 is 23.4 Å². The Hall–Kier alpha value is -4.00. The molecule has 0 spiro atoms. The summed E-state index contributed by atoms with van der Waals surface area (Å²) < 4.78 is 22.1. The van der Waals surface area contributed by atoms with Crippen LogP contribution in [-0.4, -0.2) is 76.2 Å². The second-order valence-corrected chi connectivity index (χ2v) is 14.3. The highest BCUT2D eigenvalue weighted by molar-refractivity contribution is 7.99. The van der Waals surface area contributed by atoms with Gasteiger partial charge in [0.15, 0.2) is 0 Å². The number of methoxy groups -OCH3 is 1. The van der Waals surface area contributed by atoms with Gasteiger partial charge >= 0.3 is 5.97 Å². The molecule has 2 atom stereocenters. The number of benzene rings is 3. The molecule has 7 rings (SSSR count). The predicted octanol–water partition coefficient (Wildman–Crippen LogP) is 6.74. The van der Waals surface area contributed by atoms with E-state index in [0.717, 1.165) is 66.2 Å². The quantitative estimate of drug-likeness (QED) is 0.197. The van der Waals surface area contributed by atoms with E-state index in [-0.39, 0.29) is 12.6 Å². The number of ether oxygens (including phenoxy) is 3. The van der Waals surface area contributed by atoms with E-state index in [1.807, 2.05) is 61.6 Å². The van der Waals surface area contributed by atoms with E-state index in [9.17, 15) is 9.90 Å². The molecule has 50 heavy (non-hydrogen) atoms. The predicted molar refractivity (Wildman–Crippen MR) is 198 cm³/mol. The molecule has 12 heteroatoms. The maximum atomic E-state index is 13.4. The van der Waals surface area contributed by atoms with Crippen LogP contribution in [0.5, 0.6) is 5.75 Å². The summed E-state index contributed by atoms with van der Waals surface area (Å²) in [6.07, 6.45) is 3.29. The minimum absolute atomic E-state index is 0.0697. The van der Waals surface area contributed by atoms with Crippen molar-refractivity contribution in [3.63, 3.8) is 0 Å². The Bertz CT molecular complexity index is 2120. The Balaban J connectivity index is 1.39. The van der Waals surface area contributed by atoms with Gasteiger partial charge in [0.2, 0.25) is 0 Å². The number of hydrogen-bond acceptors (Lipinski definition) is 9. The summed E-state index contributed by atoms with van der Waals surface area (Å²) >= 11 is 8.85. The lowest BCUT2D eigenvalue weighted by atomic mass is 9.96. The molecule has 2 unspecified atom stereocenters. The summed E-state index contributed by atoms with van der Waals surface area (Å²) in [5.41, 5.74) is 9.99. The Labute approximate surface area is 300 Å². The van der Waals surface area contributed by atoms with Crippen LogP contribution < -0.4 is 10.2 Å². The third kappa shape index (κ3) is 6.26. The van der Waals surface area contributed by atoms with E-state index in [2.05, 4.69) is 40.8 Å². The molecule has 2 aromatic heterocycles. The van der Waals surface area contributed by atoms with Gasteiger partial charge in [-0.05, 0) is 55.0 Å². The van der Waals surface area contributed by atoms with E-state index in [4.69, 9.17) is 30.9 Å². The molecule has 3 aromatic carbocycles. The molecule has 0 aliphatic carbocycles. The van der Waals surface area contributed by atoms with Crippen LogP contribution in [0.15, 0.2) is 65.2 Å². The molecule has 0 saturated carbocycles. The van der Waals surface area contributed by atoms with Gasteiger partial charge in [-0.15, -0.1) is 11.8 Å². The number of fused-ring (bicyclic) bond motifs is 7. The smallest absolute Gasteiger partial charge is 0.354 e. The van der Waals surface area contributed by atoms with E-state index in [0.29, 0.717) is 48.9 Å². The number of nitrogens with zero attached hydrogens (tertiary/aromatic N) is 4. The third-order valence-electron chi connectivity index (χ3n) is 9.77. The Kier molecular flexibility index (Phi) is 9.87. The number of aliphatic hydroxyl groups excluding tert-OH is 1. The van der Waals surface area contributed by atoms with Crippen molar-refractivity contribution in [1.82, 2.24) is 24.8 Å². The van der Waals surface area contributed by atoms with Gasteiger partial charge in [-0.1, -0.05) is 41.9 Å². The first-order valence-electron chi connectivity index (χ1n) is 16.8. The van der Waals surface area contributed by atoms with Crippen LogP contribution in [0, 0.1) is 6.92 Å². The molecule has 0 fully saturated rings. The molecule has 0 saturated heterocycles. The topological polar surface area (TPSA) is 103 Å². The molecule has 0 amide bonds. The van der Waals surface area contributed by atoms with Crippen LogP contribution in [0.4, 0.5) is 0 Å². The van der Waals surface area contributed by atoms with Crippen molar-refractivity contribution in [2.75, 3.05) is 39.7 Å². The molecule has 262 valence electrons. The Morgan fingerprint density at radius 3 is 2.76 bits per heavy atom. The first-order chi connectivity index (χ1) is 24.2. The lowest BCUT2D eigenvalue weighted by Crippen LogP contribution is -2.37. The van der Waals surface area contributed by atoms with Crippen molar-refractivity contribution in [2.45, 2.75) is 43.2 Å². The number of hydrogen-bond donors (Lipinski definition) is 2. The zero-order valence-electron chi connectivity index (χ0n) is 29.0. The van der Waals surface area contributed by atoms with Gasteiger partial charge in [0.1, 0.15) is 17.5 Å². The van der Waals surface area contributed by atoms with Crippen molar-refractivity contribution in [1.29, 1.82) is 0 Å². The summed E-state index contributed by atoms with van der Waals surface area (Å²) in [4.78, 5) is 14.5. The second-order valence-electron chi connectivity index (χ2n) is 12.8. The van der Waals surface area contributed by atoms with Crippen LogP contribution in [0.1, 0.15) is 46.4 Å². The van der Waals surface area contributed by atoms with Crippen molar-refractivity contribution in [3.05, 3.63) is 88.0 Å². The average Bonchev–Trinajstić information content (AvgIpc) is 3.72. The number of aliphatic hydroxyl groups is 1. The number of rotatable bonds is 3. The molecular formula is C38H42ClN5O5S. The van der Waals surface area contributed by atoms with Gasteiger partial charge in [0.05, 0.1) is 42.6 Å². The van der Waals surface area contributed by atoms with Gasteiger partial charge < -0.3 is 28.9 Å². The zero-order valence-corrected chi connectivity index (χ0v) is 30.5. The number of aromatic nitrogens is 3. The highest BCUT2D eigenvalue weighted by atomic mass is 35.5. The molecule has 2 N–H and O–H groups in total. The number of thioether (sulfide) groups is 1. The number of nitrogens with one attached hydrogen (secondary N) is 1. The fourth-order valence-electron chi connectivity index (χ4n) is 7.24. The standard InChI is InChI=1S/C38H42ClN5O5S/c1-22-33-34-30(39)13-12-29-28(37(38(46)47-5)42(2)36(29)34)11-8-16-48-32-19-26(17-23-9-6-7-10-27(23)32)50-21-25-18-24(40-44(25)4)20-49-31(14-15-45)35(33)41-43(22)3/h6-7,9-10,12-13,17-19,24,31,40,45H,8,11,14-16,20-21H2,1-5H3. The number of carbonyl (C=O) groups is 1. The van der Waals surface area contributed by atoms with Gasteiger partial charge in [0, 0.05) is 78.1 Å². The molecule has 0 radical (unpaired) electrons. The molecule has 10 nitrogen and oxygen atoms in total. The van der Waals surface area contributed by atoms with E-state index >= 15 is 0 Å². The minimum atomic E-state index is -0.512. The first kappa shape index (κ1) is 34.4. The average molecular weight is 716 g/mol. The number of halogens is 1. The van der Waals surface area contributed by atoms with Crippen LogP contribution in [-0.2, 0) is 30.0 Å². The monoisotopic (exact) mass is 715 g/mol. The summed E-state index contributed by atoms with van der Waals surface area (Å²) in [6.45, 7) is 2.75. The van der Waals surface area contributed by atoms with Gasteiger partial charge in [-0.25, -0.2) is 10.2 Å². The van der Waals surface area contributed by atoms with Crippen LogP contribution in [0.3, 0.4) is 0 Å². The van der Waals surface area contributed by atoms with Crippen molar-refractivity contribution in [3.8, 4) is 16.9 Å². The number of esters is 1. The van der Waals surface area contributed by atoms with E-state index < -0.39 is 12.1 Å². The lowest BCUT2D eigenvalue weighted by molar-refractivity contribution is 0.0209.